The van der Waals surface area contributed by atoms with Crippen LogP contribution in [0.15, 0.2) is 24.3 Å². The Morgan fingerprint density at radius 3 is 2.55 bits per heavy atom. The van der Waals surface area contributed by atoms with E-state index in [4.69, 9.17) is 5.73 Å². The van der Waals surface area contributed by atoms with Crippen LogP contribution in [-0.4, -0.2) is 38.4 Å². The first kappa shape index (κ1) is 16.7. The number of sulfone groups is 1. The van der Waals surface area contributed by atoms with Gasteiger partial charge in [-0.25, -0.2) is 8.42 Å². The van der Waals surface area contributed by atoms with Gasteiger partial charge in [-0.3, -0.25) is 4.79 Å². The standard InChI is InChI=1S/C14H22N2O3S/c1-14(2,20(3,18)19)10-16-13(17)12-6-4-5-11(9-12)7-8-15/h4-6,9H,7-8,10,15H2,1-3H3,(H,16,17). The third-order valence-electron chi connectivity index (χ3n) is 3.30. The predicted molar refractivity (Wildman–Crippen MR) is 80.5 cm³/mol. The molecular weight excluding hydrogens is 276 g/mol. The van der Waals surface area contributed by atoms with Gasteiger partial charge >= 0.3 is 0 Å². The minimum Gasteiger partial charge on any atom is -0.350 e. The largest absolute Gasteiger partial charge is 0.350 e. The maximum atomic E-state index is 12.0. The predicted octanol–water partition coefficient (Wildman–Crippen LogP) is 0.741. The van der Waals surface area contributed by atoms with Crippen molar-refractivity contribution in [3.05, 3.63) is 35.4 Å². The number of hydrogen-bond acceptors (Lipinski definition) is 4. The van der Waals surface area contributed by atoms with Crippen molar-refractivity contribution < 1.29 is 13.2 Å². The van der Waals surface area contributed by atoms with Crippen LogP contribution in [0.4, 0.5) is 0 Å². The highest BCUT2D eigenvalue weighted by Gasteiger charge is 2.30. The van der Waals surface area contributed by atoms with Gasteiger partial charge in [0.2, 0.25) is 0 Å². The second kappa shape index (κ2) is 6.37. The van der Waals surface area contributed by atoms with Crippen molar-refractivity contribution in [1.29, 1.82) is 0 Å². The molecule has 1 aromatic carbocycles. The maximum absolute atomic E-state index is 12.0. The molecular formula is C14H22N2O3S. The third-order valence-corrected chi connectivity index (χ3v) is 5.45. The summed E-state index contributed by atoms with van der Waals surface area (Å²) in [4.78, 5) is 12.0. The minimum atomic E-state index is -3.23. The van der Waals surface area contributed by atoms with Crippen molar-refractivity contribution in [2.75, 3.05) is 19.3 Å². The number of rotatable bonds is 6. The molecule has 1 rings (SSSR count). The smallest absolute Gasteiger partial charge is 0.251 e. The Morgan fingerprint density at radius 2 is 2.00 bits per heavy atom. The zero-order valence-electron chi connectivity index (χ0n) is 12.1. The number of carbonyl (C=O) groups is 1. The van der Waals surface area contributed by atoms with Crippen molar-refractivity contribution >= 4 is 15.7 Å². The van der Waals surface area contributed by atoms with Crippen LogP contribution in [0.5, 0.6) is 0 Å². The average Bonchev–Trinajstić information content (AvgIpc) is 2.35. The van der Waals surface area contributed by atoms with Crippen LogP contribution in [0.25, 0.3) is 0 Å². The molecule has 0 aliphatic carbocycles. The fourth-order valence-electron chi connectivity index (χ4n) is 1.56. The summed E-state index contributed by atoms with van der Waals surface area (Å²) in [5, 5.41) is 2.67. The van der Waals surface area contributed by atoms with E-state index >= 15 is 0 Å². The molecule has 0 atom stereocenters. The molecule has 112 valence electrons. The van der Waals surface area contributed by atoms with E-state index in [2.05, 4.69) is 5.32 Å². The Morgan fingerprint density at radius 1 is 1.35 bits per heavy atom. The molecule has 6 heteroatoms. The first-order valence-electron chi connectivity index (χ1n) is 6.44. The summed E-state index contributed by atoms with van der Waals surface area (Å²) < 4.78 is 22.2. The highest BCUT2D eigenvalue weighted by Crippen LogP contribution is 2.14. The Balaban J connectivity index is 2.75. The zero-order chi connectivity index (χ0) is 15.4. The Hall–Kier alpha value is -1.40. The van der Waals surface area contributed by atoms with Gasteiger partial charge in [-0.05, 0) is 44.5 Å². The summed E-state index contributed by atoms with van der Waals surface area (Å²) in [6.45, 7) is 3.78. The van der Waals surface area contributed by atoms with Crippen LogP contribution in [-0.2, 0) is 16.3 Å². The van der Waals surface area contributed by atoms with Crippen molar-refractivity contribution in [1.82, 2.24) is 5.32 Å². The highest BCUT2D eigenvalue weighted by molar-refractivity contribution is 7.92. The first-order valence-corrected chi connectivity index (χ1v) is 8.33. The van der Waals surface area contributed by atoms with E-state index in [1.807, 2.05) is 6.07 Å². The molecule has 1 aromatic rings. The second-order valence-corrected chi connectivity index (χ2v) is 8.10. The van der Waals surface area contributed by atoms with E-state index < -0.39 is 14.6 Å². The molecule has 0 aliphatic rings. The van der Waals surface area contributed by atoms with E-state index in [0.29, 0.717) is 18.5 Å². The van der Waals surface area contributed by atoms with Gasteiger partial charge < -0.3 is 11.1 Å². The maximum Gasteiger partial charge on any atom is 0.251 e. The van der Waals surface area contributed by atoms with Crippen molar-refractivity contribution in [3.63, 3.8) is 0 Å². The van der Waals surface area contributed by atoms with E-state index in [-0.39, 0.29) is 12.5 Å². The normalized spacial score (nSPS) is 12.2. The molecule has 0 saturated heterocycles. The number of nitrogens with one attached hydrogen (secondary N) is 1. The molecule has 0 bridgehead atoms. The van der Waals surface area contributed by atoms with Gasteiger partial charge in [0.25, 0.3) is 5.91 Å². The van der Waals surface area contributed by atoms with Crippen LogP contribution in [0.2, 0.25) is 0 Å². The summed E-state index contributed by atoms with van der Waals surface area (Å²) in [5.74, 6) is -0.277. The highest BCUT2D eigenvalue weighted by atomic mass is 32.2. The summed E-state index contributed by atoms with van der Waals surface area (Å²) in [7, 11) is -3.23. The quantitative estimate of drug-likeness (QED) is 0.810. The van der Waals surface area contributed by atoms with Crippen LogP contribution >= 0.6 is 0 Å². The van der Waals surface area contributed by atoms with E-state index in [1.165, 1.54) is 6.26 Å². The van der Waals surface area contributed by atoms with Gasteiger partial charge in [0.1, 0.15) is 0 Å². The number of carbonyl (C=O) groups excluding carboxylic acids is 1. The molecule has 0 heterocycles. The van der Waals surface area contributed by atoms with E-state index in [9.17, 15) is 13.2 Å². The van der Waals surface area contributed by atoms with Crippen LogP contribution in [0.3, 0.4) is 0 Å². The van der Waals surface area contributed by atoms with Crippen molar-refractivity contribution in [2.24, 2.45) is 5.73 Å². The molecule has 0 saturated carbocycles. The minimum absolute atomic E-state index is 0.0752. The molecule has 5 nitrogen and oxygen atoms in total. The molecule has 0 unspecified atom stereocenters. The molecule has 0 spiro atoms. The summed E-state index contributed by atoms with van der Waals surface area (Å²) >= 11 is 0. The van der Waals surface area contributed by atoms with Gasteiger partial charge in [-0.1, -0.05) is 12.1 Å². The number of benzene rings is 1. The monoisotopic (exact) mass is 298 g/mol. The number of nitrogens with two attached hydrogens (primary N) is 1. The number of hydrogen-bond donors (Lipinski definition) is 2. The lowest BCUT2D eigenvalue weighted by atomic mass is 10.1. The molecule has 20 heavy (non-hydrogen) atoms. The molecule has 0 aliphatic heterocycles. The van der Waals surface area contributed by atoms with Crippen molar-refractivity contribution in [3.8, 4) is 0 Å². The topological polar surface area (TPSA) is 89.3 Å². The van der Waals surface area contributed by atoms with Crippen LogP contribution in [0, 0.1) is 0 Å². The SMILES string of the molecule is CC(C)(CNC(=O)c1cccc(CCN)c1)S(C)(=O)=O. The van der Waals surface area contributed by atoms with Crippen molar-refractivity contribution in [2.45, 2.75) is 25.0 Å². The van der Waals surface area contributed by atoms with Crippen LogP contribution < -0.4 is 11.1 Å². The second-order valence-electron chi connectivity index (χ2n) is 5.45. The molecule has 0 aromatic heterocycles. The average molecular weight is 298 g/mol. The van der Waals surface area contributed by atoms with Gasteiger partial charge in [-0.15, -0.1) is 0 Å². The zero-order valence-corrected chi connectivity index (χ0v) is 13.0. The summed E-state index contributed by atoms with van der Waals surface area (Å²) in [6, 6.07) is 7.17. The molecule has 0 radical (unpaired) electrons. The fourth-order valence-corrected chi connectivity index (χ4v) is 1.90. The first-order chi connectivity index (χ1) is 9.17. The van der Waals surface area contributed by atoms with Gasteiger partial charge in [0, 0.05) is 18.4 Å². The molecule has 0 fully saturated rings. The lowest BCUT2D eigenvalue weighted by Crippen LogP contribution is -2.43. The summed E-state index contributed by atoms with van der Waals surface area (Å²) in [6.07, 6.45) is 1.87. The van der Waals surface area contributed by atoms with Crippen LogP contribution in [0.1, 0.15) is 29.8 Å². The van der Waals surface area contributed by atoms with Gasteiger partial charge in [-0.2, -0.15) is 0 Å². The van der Waals surface area contributed by atoms with Gasteiger partial charge in [0.15, 0.2) is 9.84 Å². The number of amides is 1. The van der Waals surface area contributed by atoms with E-state index in [0.717, 1.165) is 5.56 Å². The Bertz CT molecular complexity index is 580. The lowest BCUT2D eigenvalue weighted by Gasteiger charge is -2.22. The Labute approximate surface area is 120 Å². The van der Waals surface area contributed by atoms with Gasteiger partial charge in [0.05, 0.1) is 4.75 Å². The summed E-state index contributed by atoms with van der Waals surface area (Å²) in [5.41, 5.74) is 6.99. The Kier molecular flexibility index (Phi) is 5.30. The lowest BCUT2D eigenvalue weighted by molar-refractivity contribution is 0.0950. The molecule has 1 amide bonds. The molecule has 3 N–H and O–H groups in total. The fraction of sp³-hybridized carbons (Fsp3) is 0.500. The third kappa shape index (κ3) is 4.31. The van der Waals surface area contributed by atoms with E-state index in [1.54, 1.807) is 32.0 Å².